The Morgan fingerprint density at radius 2 is 1.93 bits per heavy atom. The van der Waals surface area contributed by atoms with Crippen molar-refractivity contribution in [3.63, 3.8) is 0 Å². The third kappa shape index (κ3) is 5.24. The number of nitrogens with one attached hydrogen (secondary N) is 1. The molecule has 0 radical (unpaired) electrons. The van der Waals surface area contributed by atoms with Crippen molar-refractivity contribution in [3.05, 3.63) is 65.2 Å². The third-order valence-electron chi connectivity index (χ3n) is 4.76. The molecule has 2 amide bonds. The predicted molar refractivity (Wildman–Crippen MR) is 108 cm³/mol. The second-order valence-corrected chi connectivity index (χ2v) is 7.27. The standard InChI is InChI=1S/C22H26N4O2/c1-25(2)11-12-26(16-18-9-7-17(14-23)8-10-18)22(27)24-15-20-13-19-5-3-4-6-21(19)28-20/h3-10,20H,11-13,15-16H2,1-2H3,(H,24,27). The summed E-state index contributed by atoms with van der Waals surface area (Å²) in [6.45, 7) is 2.36. The number of amides is 2. The van der Waals surface area contributed by atoms with Crippen molar-refractivity contribution >= 4 is 6.03 Å². The van der Waals surface area contributed by atoms with E-state index in [1.165, 1.54) is 5.56 Å². The van der Waals surface area contributed by atoms with Crippen LogP contribution in [0.15, 0.2) is 48.5 Å². The van der Waals surface area contributed by atoms with Crippen LogP contribution in [-0.2, 0) is 13.0 Å². The van der Waals surface area contributed by atoms with Gasteiger partial charge in [0.1, 0.15) is 11.9 Å². The fourth-order valence-corrected chi connectivity index (χ4v) is 3.16. The molecule has 2 aromatic rings. The molecule has 0 fully saturated rings. The largest absolute Gasteiger partial charge is 0.488 e. The van der Waals surface area contributed by atoms with E-state index < -0.39 is 0 Å². The molecule has 1 aliphatic heterocycles. The number of rotatable bonds is 7. The fourth-order valence-electron chi connectivity index (χ4n) is 3.16. The highest BCUT2D eigenvalue weighted by Gasteiger charge is 2.23. The number of para-hydroxylation sites is 1. The van der Waals surface area contributed by atoms with Crippen LogP contribution in [0.3, 0.4) is 0 Å². The number of hydrogen-bond acceptors (Lipinski definition) is 4. The summed E-state index contributed by atoms with van der Waals surface area (Å²) in [4.78, 5) is 16.6. The number of nitriles is 1. The quantitative estimate of drug-likeness (QED) is 0.804. The molecule has 0 bridgehead atoms. The van der Waals surface area contributed by atoms with Crippen LogP contribution in [0.2, 0.25) is 0 Å². The summed E-state index contributed by atoms with van der Waals surface area (Å²) in [5.41, 5.74) is 2.80. The average Bonchev–Trinajstić information content (AvgIpc) is 3.12. The summed E-state index contributed by atoms with van der Waals surface area (Å²) in [6.07, 6.45) is 0.774. The molecule has 0 spiro atoms. The average molecular weight is 378 g/mol. The SMILES string of the molecule is CN(C)CCN(Cc1ccc(C#N)cc1)C(=O)NCC1Cc2ccccc2O1. The predicted octanol–water partition coefficient (Wildman–Crippen LogP) is 2.64. The molecule has 28 heavy (non-hydrogen) atoms. The van der Waals surface area contributed by atoms with E-state index in [2.05, 4.69) is 22.4 Å². The van der Waals surface area contributed by atoms with E-state index in [4.69, 9.17) is 10.00 Å². The van der Waals surface area contributed by atoms with Crippen LogP contribution in [0.25, 0.3) is 0 Å². The molecule has 3 rings (SSSR count). The molecule has 0 saturated carbocycles. The summed E-state index contributed by atoms with van der Waals surface area (Å²) >= 11 is 0. The molecule has 1 unspecified atom stereocenters. The van der Waals surface area contributed by atoms with Crippen LogP contribution in [0, 0.1) is 11.3 Å². The Labute approximate surface area is 166 Å². The van der Waals surface area contributed by atoms with E-state index in [1.807, 2.05) is 44.4 Å². The van der Waals surface area contributed by atoms with Crippen LogP contribution in [0.4, 0.5) is 4.79 Å². The molecule has 1 heterocycles. The van der Waals surface area contributed by atoms with Crippen LogP contribution >= 0.6 is 0 Å². The first-order valence-electron chi connectivity index (χ1n) is 9.46. The maximum atomic E-state index is 12.8. The maximum Gasteiger partial charge on any atom is 0.317 e. The molecule has 1 aliphatic rings. The number of fused-ring (bicyclic) bond motifs is 1. The second-order valence-electron chi connectivity index (χ2n) is 7.27. The number of benzene rings is 2. The lowest BCUT2D eigenvalue weighted by molar-refractivity contribution is 0.177. The van der Waals surface area contributed by atoms with E-state index >= 15 is 0 Å². The molecule has 6 heteroatoms. The van der Waals surface area contributed by atoms with E-state index in [-0.39, 0.29) is 12.1 Å². The third-order valence-corrected chi connectivity index (χ3v) is 4.76. The van der Waals surface area contributed by atoms with Crippen LogP contribution in [0.1, 0.15) is 16.7 Å². The molecule has 0 aromatic heterocycles. The number of hydrogen-bond donors (Lipinski definition) is 1. The summed E-state index contributed by atoms with van der Waals surface area (Å²) in [5.74, 6) is 0.906. The zero-order chi connectivity index (χ0) is 19.9. The highest BCUT2D eigenvalue weighted by atomic mass is 16.5. The molecule has 146 valence electrons. The topological polar surface area (TPSA) is 68.6 Å². The smallest absolute Gasteiger partial charge is 0.317 e. The molecule has 1 N–H and O–H groups in total. The van der Waals surface area contributed by atoms with Gasteiger partial charge in [0.15, 0.2) is 0 Å². The lowest BCUT2D eigenvalue weighted by atomic mass is 10.1. The van der Waals surface area contributed by atoms with Crippen LogP contribution in [-0.4, -0.2) is 55.7 Å². The van der Waals surface area contributed by atoms with Gasteiger partial charge in [-0.3, -0.25) is 0 Å². The van der Waals surface area contributed by atoms with Gasteiger partial charge in [-0.15, -0.1) is 0 Å². The van der Waals surface area contributed by atoms with E-state index in [1.54, 1.807) is 17.0 Å². The van der Waals surface area contributed by atoms with Crippen molar-refractivity contribution in [1.29, 1.82) is 5.26 Å². The molecular weight excluding hydrogens is 352 g/mol. The Bertz CT molecular complexity index is 817. The molecule has 2 aromatic carbocycles. The Kier molecular flexibility index (Phi) is 6.51. The van der Waals surface area contributed by atoms with Gasteiger partial charge in [-0.25, -0.2) is 4.79 Å². The van der Waals surface area contributed by atoms with Crippen molar-refractivity contribution in [3.8, 4) is 11.8 Å². The zero-order valence-electron chi connectivity index (χ0n) is 16.4. The van der Waals surface area contributed by atoms with Crippen molar-refractivity contribution in [2.45, 2.75) is 19.1 Å². The fraction of sp³-hybridized carbons (Fsp3) is 0.364. The van der Waals surface area contributed by atoms with Gasteiger partial charge < -0.3 is 19.9 Å². The highest BCUT2D eigenvalue weighted by molar-refractivity contribution is 5.74. The molecular formula is C22H26N4O2. The lowest BCUT2D eigenvalue weighted by Gasteiger charge is -2.25. The van der Waals surface area contributed by atoms with Crippen molar-refractivity contribution in [2.24, 2.45) is 0 Å². The van der Waals surface area contributed by atoms with Gasteiger partial charge in [-0.2, -0.15) is 5.26 Å². The van der Waals surface area contributed by atoms with Gasteiger partial charge in [-0.1, -0.05) is 30.3 Å². The van der Waals surface area contributed by atoms with Crippen LogP contribution in [0.5, 0.6) is 5.75 Å². The minimum atomic E-state index is -0.106. The maximum absolute atomic E-state index is 12.8. The number of likely N-dealkylation sites (N-methyl/N-ethyl adjacent to an activating group) is 1. The molecule has 1 atom stereocenters. The summed E-state index contributed by atoms with van der Waals surface area (Å²) < 4.78 is 5.91. The van der Waals surface area contributed by atoms with Crippen LogP contribution < -0.4 is 10.1 Å². The van der Waals surface area contributed by atoms with Gasteiger partial charge in [0.05, 0.1) is 18.2 Å². The molecule has 6 nitrogen and oxygen atoms in total. The van der Waals surface area contributed by atoms with E-state index in [0.29, 0.717) is 25.2 Å². The highest BCUT2D eigenvalue weighted by Crippen LogP contribution is 2.27. The zero-order valence-corrected chi connectivity index (χ0v) is 16.4. The van der Waals surface area contributed by atoms with Gasteiger partial charge in [0.2, 0.25) is 0 Å². The minimum Gasteiger partial charge on any atom is -0.488 e. The number of carbonyl (C=O) groups is 1. The van der Waals surface area contributed by atoms with Gasteiger partial charge in [-0.05, 0) is 43.4 Å². The summed E-state index contributed by atoms with van der Waals surface area (Å²) in [7, 11) is 3.97. The van der Waals surface area contributed by atoms with Gasteiger partial charge >= 0.3 is 6.03 Å². The number of urea groups is 1. The first-order chi connectivity index (χ1) is 13.5. The molecule has 0 aliphatic carbocycles. The van der Waals surface area contributed by atoms with Crippen molar-refractivity contribution < 1.29 is 9.53 Å². The minimum absolute atomic E-state index is 0.0352. The first-order valence-corrected chi connectivity index (χ1v) is 9.46. The van der Waals surface area contributed by atoms with E-state index in [9.17, 15) is 4.79 Å². The van der Waals surface area contributed by atoms with E-state index in [0.717, 1.165) is 24.3 Å². The van der Waals surface area contributed by atoms with Gasteiger partial charge in [0.25, 0.3) is 0 Å². The molecule has 0 saturated heterocycles. The monoisotopic (exact) mass is 378 g/mol. The Balaban J connectivity index is 1.57. The number of carbonyl (C=O) groups excluding carboxylic acids is 1. The Morgan fingerprint density at radius 3 is 2.61 bits per heavy atom. The summed E-state index contributed by atoms with van der Waals surface area (Å²) in [6, 6.07) is 17.3. The summed E-state index contributed by atoms with van der Waals surface area (Å²) in [5, 5.41) is 12.0. The number of nitrogens with zero attached hydrogens (tertiary/aromatic N) is 3. The second kappa shape index (κ2) is 9.25. The van der Waals surface area contributed by atoms with Crippen molar-refractivity contribution in [2.75, 3.05) is 33.7 Å². The Hall–Kier alpha value is -3.04. The Morgan fingerprint density at radius 1 is 1.18 bits per heavy atom. The van der Waals surface area contributed by atoms with Crippen molar-refractivity contribution in [1.82, 2.24) is 15.1 Å². The normalized spacial score (nSPS) is 14.9. The first kappa shape index (κ1) is 19.7. The van der Waals surface area contributed by atoms with Gasteiger partial charge in [0, 0.05) is 26.1 Å². The number of ether oxygens (including phenoxy) is 1. The lowest BCUT2D eigenvalue weighted by Crippen LogP contribution is -2.45.